The first-order valence-corrected chi connectivity index (χ1v) is 8.76. The molecule has 23 heavy (non-hydrogen) atoms. The molecule has 0 saturated heterocycles. The minimum absolute atomic E-state index is 0.0623. The molecule has 3 rings (SSSR count). The predicted octanol–water partition coefficient (Wildman–Crippen LogP) is 4.39. The summed E-state index contributed by atoms with van der Waals surface area (Å²) in [5.41, 5.74) is 0.657. The molecule has 0 unspecified atom stereocenters. The Morgan fingerprint density at radius 3 is 2.57 bits per heavy atom. The number of hydrogen-bond donors (Lipinski definition) is 1. The van der Waals surface area contributed by atoms with Gasteiger partial charge >= 0.3 is 5.97 Å². The van der Waals surface area contributed by atoms with Gasteiger partial charge < -0.3 is 5.11 Å². The molecule has 3 nitrogen and oxygen atoms in total. The second-order valence-corrected chi connectivity index (χ2v) is 8.73. The van der Waals surface area contributed by atoms with Gasteiger partial charge in [-0.2, -0.15) is 0 Å². The molecule has 2 fully saturated rings. The van der Waals surface area contributed by atoms with Gasteiger partial charge in [-0.3, -0.25) is 9.59 Å². The Kier molecular flexibility index (Phi) is 3.62. The molecule has 2 saturated carbocycles. The van der Waals surface area contributed by atoms with E-state index in [1.165, 1.54) is 5.57 Å². The third kappa shape index (κ3) is 2.31. The van der Waals surface area contributed by atoms with Crippen molar-refractivity contribution in [2.45, 2.75) is 59.8 Å². The number of allylic oxidation sites excluding steroid dienone is 4. The summed E-state index contributed by atoms with van der Waals surface area (Å²) in [6, 6.07) is 0. The molecule has 0 aliphatic heterocycles. The molecule has 1 spiro atoms. The fraction of sp³-hybridized carbons (Fsp3) is 0.700. The average molecular weight is 316 g/mol. The second-order valence-electron chi connectivity index (χ2n) is 8.73. The molecule has 0 aromatic carbocycles. The van der Waals surface area contributed by atoms with Crippen LogP contribution in [-0.4, -0.2) is 16.9 Å². The first-order chi connectivity index (χ1) is 10.6. The van der Waals surface area contributed by atoms with Gasteiger partial charge in [0.15, 0.2) is 0 Å². The van der Waals surface area contributed by atoms with Crippen LogP contribution in [0, 0.1) is 28.1 Å². The number of carboxylic acids is 1. The highest BCUT2D eigenvalue weighted by Gasteiger charge is 2.61. The Hall–Kier alpha value is -1.38. The van der Waals surface area contributed by atoms with Gasteiger partial charge in [0.2, 0.25) is 0 Å². The van der Waals surface area contributed by atoms with Crippen LogP contribution in [0.25, 0.3) is 0 Å². The van der Waals surface area contributed by atoms with Crippen LogP contribution in [0.2, 0.25) is 0 Å². The number of carbonyl (C=O) groups excluding carboxylic acids is 1. The molecular formula is C20H28O3. The third-order valence-corrected chi connectivity index (χ3v) is 7.12. The van der Waals surface area contributed by atoms with E-state index in [1.54, 1.807) is 0 Å². The third-order valence-electron chi connectivity index (χ3n) is 7.12. The number of rotatable bonds is 2. The molecule has 126 valence electrons. The number of ketones is 1. The molecule has 0 aromatic rings. The largest absolute Gasteiger partial charge is 0.481 e. The van der Waals surface area contributed by atoms with Crippen molar-refractivity contribution in [3.63, 3.8) is 0 Å². The summed E-state index contributed by atoms with van der Waals surface area (Å²) in [6.45, 7) is 8.47. The lowest BCUT2D eigenvalue weighted by molar-refractivity contribution is -0.159. The predicted molar refractivity (Wildman–Crippen MR) is 89.9 cm³/mol. The van der Waals surface area contributed by atoms with Crippen LogP contribution in [0.4, 0.5) is 0 Å². The Bertz CT molecular complexity index is 612. The number of fused-ring (bicyclic) bond motifs is 1. The van der Waals surface area contributed by atoms with Crippen molar-refractivity contribution in [3.8, 4) is 0 Å². The zero-order valence-electron chi connectivity index (χ0n) is 14.7. The first kappa shape index (κ1) is 16.5. The molecule has 0 bridgehead atoms. The smallest absolute Gasteiger partial charge is 0.303 e. The van der Waals surface area contributed by atoms with E-state index in [2.05, 4.69) is 45.9 Å². The summed E-state index contributed by atoms with van der Waals surface area (Å²) in [4.78, 5) is 24.1. The summed E-state index contributed by atoms with van der Waals surface area (Å²) in [7, 11) is 0. The van der Waals surface area contributed by atoms with Crippen molar-refractivity contribution in [1.82, 2.24) is 0 Å². The van der Waals surface area contributed by atoms with Crippen LogP contribution in [0.5, 0.6) is 0 Å². The monoisotopic (exact) mass is 316 g/mol. The van der Waals surface area contributed by atoms with Crippen molar-refractivity contribution in [3.05, 3.63) is 23.8 Å². The molecule has 0 radical (unpaired) electrons. The second kappa shape index (κ2) is 5.06. The molecule has 3 heteroatoms. The van der Waals surface area contributed by atoms with E-state index < -0.39 is 5.97 Å². The van der Waals surface area contributed by atoms with Crippen molar-refractivity contribution >= 4 is 11.8 Å². The number of carboxylic acid groups (broad SMARTS) is 1. The van der Waals surface area contributed by atoms with E-state index in [4.69, 9.17) is 0 Å². The van der Waals surface area contributed by atoms with E-state index in [0.29, 0.717) is 12.2 Å². The van der Waals surface area contributed by atoms with Crippen molar-refractivity contribution < 1.29 is 14.7 Å². The van der Waals surface area contributed by atoms with Gasteiger partial charge in [0.05, 0.1) is 0 Å². The lowest BCUT2D eigenvalue weighted by Gasteiger charge is -2.61. The van der Waals surface area contributed by atoms with Crippen LogP contribution >= 0.6 is 0 Å². The fourth-order valence-corrected chi connectivity index (χ4v) is 5.96. The molecule has 0 amide bonds. The molecular weight excluding hydrogens is 288 g/mol. The maximum atomic E-state index is 12.5. The zero-order chi connectivity index (χ0) is 17.0. The number of Topliss-reactive ketones (excluding diaryl/α,β-unsaturated/α-hetero) is 1. The van der Waals surface area contributed by atoms with E-state index in [1.807, 2.05) is 0 Å². The average Bonchev–Trinajstić information content (AvgIpc) is 2.81. The maximum absolute atomic E-state index is 12.5. The highest BCUT2D eigenvalue weighted by Crippen LogP contribution is 2.65. The lowest BCUT2D eigenvalue weighted by atomic mass is 9.42. The minimum atomic E-state index is -0.725. The Balaban J connectivity index is 2.08. The van der Waals surface area contributed by atoms with Gasteiger partial charge in [-0.05, 0) is 43.4 Å². The first-order valence-electron chi connectivity index (χ1n) is 8.76. The standard InChI is InChI=1S/C20H28O3/c1-13-5-9-20(12-13)10-6-14-18(2,3)16(21)7-8-19(14,4)15(20)11-17(22)23/h5,9,12,14-15H,6-8,10-11H2,1-4H3,(H,22,23)/t14-,15+,19+,20-/m1/s1. The van der Waals surface area contributed by atoms with Crippen molar-refractivity contribution in [2.75, 3.05) is 0 Å². The van der Waals surface area contributed by atoms with Gasteiger partial charge in [0, 0.05) is 23.7 Å². The van der Waals surface area contributed by atoms with Gasteiger partial charge in [-0.1, -0.05) is 44.6 Å². The van der Waals surface area contributed by atoms with E-state index in [0.717, 1.165) is 19.3 Å². The van der Waals surface area contributed by atoms with Crippen molar-refractivity contribution in [1.29, 1.82) is 0 Å². The summed E-state index contributed by atoms with van der Waals surface area (Å²) < 4.78 is 0. The fourth-order valence-electron chi connectivity index (χ4n) is 5.96. The maximum Gasteiger partial charge on any atom is 0.303 e. The molecule has 0 heterocycles. The number of carbonyl (C=O) groups is 2. The highest BCUT2D eigenvalue weighted by atomic mass is 16.4. The van der Waals surface area contributed by atoms with E-state index in [-0.39, 0.29) is 34.5 Å². The number of hydrogen-bond acceptors (Lipinski definition) is 2. The van der Waals surface area contributed by atoms with Crippen molar-refractivity contribution in [2.24, 2.45) is 28.1 Å². The highest BCUT2D eigenvalue weighted by molar-refractivity contribution is 5.85. The van der Waals surface area contributed by atoms with Crippen LogP contribution in [0.1, 0.15) is 59.8 Å². The number of aliphatic carboxylic acids is 1. The topological polar surface area (TPSA) is 54.4 Å². The van der Waals surface area contributed by atoms with Gasteiger partial charge in [-0.25, -0.2) is 0 Å². The van der Waals surface area contributed by atoms with Crippen LogP contribution < -0.4 is 0 Å². The van der Waals surface area contributed by atoms with E-state index >= 15 is 0 Å². The minimum Gasteiger partial charge on any atom is -0.481 e. The van der Waals surface area contributed by atoms with Gasteiger partial charge in [0.25, 0.3) is 0 Å². The summed E-state index contributed by atoms with van der Waals surface area (Å²) in [5.74, 6) is -0.0442. The quantitative estimate of drug-likeness (QED) is 0.822. The van der Waals surface area contributed by atoms with Gasteiger partial charge in [-0.15, -0.1) is 0 Å². The Labute approximate surface area is 138 Å². The zero-order valence-corrected chi connectivity index (χ0v) is 14.7. The van der Waals surface area contributed by atoms with Gasteiger partial charge in [0.1, 0.15) is 5.78 Å². The molecule has 3 aliphatic rings. The molecule has 1 N–H and O–H groups in total. The molecule has 3 aliphatic carbocycles. The lowest BCUT2D eigenvalue weighted by Crippen LogP contribution is -2.57. The summed E-state index contributed by atoms with van der Waals surface area (Å²) >= 11 is 0. The van der Waals surface area contributed by atoms with Crippen LogP contribution in [-0.2, 0) is 9.59 Å². The molecule has 0 aromatic heterocycles. The summed E-state index contributed by atoms with van der Waals surface area (Å²) in [5, 5.41) is 9.55. The Morgan fingerprint density at radius 1 is 1.30 bits per heavy atom. The van der Waals surface area contributed by atoms with Crippen LogP contribution in [0.3, 0.4) is 0 Å². The van der Waals surface area contributed by atoms with E-state index in [9.17, 15) is 14.7 Å². The van der Waals surface area contributed by atoms with Crippen LogP contribution in [0.15, 0.2) is 23.8 Å². The molecule has 4 atom stereocenters. The summed E-state index contributed by atoms with van der Waals surface area (Å²) in [6.07, 6.45) is 10.2. The normalized spacial score (nSPS) is 41.7. The Morgan fingerprint density at radius 2 is 2.00 bits per heavy atom. The SMILES string of the molecule is CC1=C[C@@]2(C=C1)CC[C@@H]1C(C)(C)C(=O)CC[C@]1(C)[C@@H]2CC(=O)O.